The molecule has 0 saturated carbocycles. The fraction of sp³-hybridized carbons (Fsp3) is 0.636. The summed E-state index contributed by atoms with van der Waals surface area (Å²) in [7, 11) is 0. The van der Waals surface area contributed by atoms with Gasteiger partial charge in [0.1, 0.15) is 5.82 Å². The Morgan fingerprint density at radius 1 is 1.07 bits per heavy atom. The van der Waals surface area contributed by atoms with E-state index in [1.165, 1.54) is 50.1 Å². The molecule has 3 rings (SSSR count). The predicted octanol–water partition coefficient (Wildman–Crippen LogP) is 3.06. The Morgan fingerprint density at radius 2 is 1.79 bits per heavy atom. The summed E-state index contributed by atoms with van der Waals surface area (Å²) in [6, 6.07) is 6.29. The number of hydrogen-bond acceptors (Lipinski definition) is 3. The average molecular weight is 390 g/mol. The summed E-state index contributed by atoms with van der Waals surface area (Å²) < 4.78 is 13.0. The molecular formula is C22H32FN3O2. The summed E-state index contributed by atoms with van der Waals surface area (Å²) in [5, 5.41) is 3.08. The molecule has 1 N–H and O–H groups in total. The van der Waals surface area contributed by atoms with Crippen molar-refractivity contribution in [2.75, 3.05) is 32.7 Å². The quantitative estimate of drug-likeness (QED) is 0.761. The van der Waals surface area contributed by atoms with Gasteiger partial charge in [0.2, 0.25) is 5.91 Å². The Morgan fingerprint density at radius 3 is 2.46 bits per heavy atom. The average Bonchev–Trinajstić information content (AvgIpc) is 2.72. The van der Waals surface area contributed by atoms with Crippen LogP contribution in [0.2, 0.25) is 0 Å². The third-order valence-corrected chi connectivity index (χ3v) is 6.11. The van der Waals surface area contributed by atoms with Gasteiger partial charge in [-0.3, -0.25) is 9.59 Å². The normalized spacial score (nSPS) is 21.5. The highest BCUT2D eigenvalue weighted by molar-refractivity contribution is 5.94. The maximum atomic E-state index is 13.0. The van der Waals surface area contributed by atoms with E-state index < -0.39 is 0 Å². The van der Waals surface area contributed by atoms with Crippen LogP contribution in [-0.4, -0.2) is 60.4 Å². The lowest BCUT2D eigenvalue weighted by molar-refractivity contribution is -0.126. The fourth-order valence-corrected chi connectivity index (χ4v) is 4.25. The SMILES string of the molecule is C[C@H]1CCCCN1CCCNC(=O)C1CCN(C(=O)c2ccc(F)cc2)CC1. The smallest absolute Gasteiger partial charge is 0.253 e. The van der Waals surface area contributed by atoms with E-state index >= 15 is 0 Å². The van der Waals surface area contributed by atoms with Crippen molar-refractivity contribution in [1.82, 2.24) is 15.1 Å². The van der Waals surface area contributed by atoms with E-state index in [4.69, 9.17) is 0 Å². The predicted molar refractivity (Wildman–Crippen MR) is 108 cm³/mol. The van der Waals surface area contributed by atoms with Gasteiger partial charge in [0, 0.05) is 43.7 Å². The van der Waals surface area contributed by atoms with Crippen molar-refractivity contribution in [3.05, 3.63) is 35.6 Å². The Kier molecular flexibility index (Phi) is 7.43. The second-order valence-electron chi connectivity index (χ2n) is 8.10. The Hall–Kier alpha value is -1.95. The molecule has 2 amide bonds. The van der Waals surface area contributed by atoms with Gasteiger partial charge >= 0.3 is 0 Å². The number of amides is 2. The summed E-state index contributed by atoms with van der Waals surface area (Å²) in [5.74, 6) is -0.345. The molecule has 2 heterocycles. The zero-order valence-corrected chi connectivity index (χ0v) is 16.8. The van der Waals surface area contributed by atoms with E-state index in [0.29, 0.717) is 37.5 Å². The number of halogens is 1. The van der Waals surface area contributed by atoms with Crippen LogP contribution in [0.4, 0.5) is 4.39 Å². The first-order chi connectivity index (χ1) is 13.5. The molecule has 0 bridgehead atoms. The molecule has 28 heavy (non-hydrogen) atoms. The standard InChI is InChI=1S/C22H32FN3O2/c1-17-5-2-3-13-25(17)14-4-12-24-21(27)18-10-15-26(16-11-18)22(28)19-6-8-20(23)9-7-19/h6-9,17-18H,2-5,10-16H2,1H3,(H,24,27)/t17-/m0/s1. The number of carbonyl (C=O) groups excluding carboxylic acids is 2. The number of carbonyl (C=O) groups is 2. The van der Waals surface area contributed by atoms with Gasteiger partial charge in [0.15, 0.2) is 0 Å². The van der Waals surface area contributed by atoms with E-state index in [0.717, 1.165) is 19.5 Å². The van der Waals surface area contributed by atoms with Crippen molar-refractivity contribution >= 4 is 11.8 Å². The number of nitrogens with one attached hydrogen (secondary N) is 1. The minimum absolute atomic E-state index is 0.0221. The van der Waals surface area contributed by atoms with Crippen LogP contribution < -0.4 is 5.32 Å². The number of nitrogens with zero attached hydrogens (tertiary/aromatic N) is 2. The molecule has 0 aromatic heterocycles. The molecule has 2 saturated heterocycles. The number of hydrogen-bond donors (Lipinski definition) is 1. The summed E-state index contributed by atoms with van der Waals surface area (Å²) in [5.41, 5.74) is 0.497. The molecule has 6 heteroatoms. The van der Waals surface area contributed by atoms with Crippen molar-refractivity contribution in [1.29, 1.82) is 0 Å². The second-order valence-corrected chi connectivity index (χ2v) is 8.10. The number of piperidine rings is 2. The molecule has 5 nitrogen and oxygen atoms in total. The minimum atomic E-state index is -0.346. The van der Waals surface area contributed by atoms with Crippen molar-refractivity contribution < 1.29 is 14.0 Å². The van der Waals surface area contributed by atoms with Crippen LogP contribution in [0, 0.1) is 11.7 Å². The third-order valence-electron chi connectivity index (χ3n) is 6.11. The van der Waals surface area contributed by atoms with E-state index in [1.807, 2.05) is 0 Å². The number of likely N-dealkylation sites (tertiary alicyclic amines) is 2. The highest BCUT2D eigenvalue weighted by Gasteiger charge is 2.27. The maximum Gasteiger partial charge on any atom is 0.253 e. The summed E-state index contributed by atoms with van der Waals surface area (Å²) >= 11 is 0. The van der Waals surface area contributed by atoms with Gasteiger partial charge in [0.05, 0.1) is 0 Å². The van der Waals surface area contributed by atoms with Crippen LogP contribution in [0.5, 0.6) is 0 Å². The minimum Gasteiger partial charge on any atom is -0.356 e. The summed E-state index contributed by atoms with van der Waals surface area (Å²) in [6.45, 7) is 6.37. The number of benzene rings is 1. The van der Waals surface area contributed by atoms with Gasteiger partial charge in [-0.1, -0.05) is 6.42 Å². The van der Waals surface area contributed by atoms with Crippen LogP contribution in [0.1, 0.15) is 55.8 Å². The Bertz CT molecular complexity index is 656. The Balaban J connectivity index is 1.35. The largest absolute Gasteiger partial charge is 0.356 e. The molecule has 2 aliphatic heterocycles. The molecule has 0 unspecified atom stereocenters. The molecular weight excluding hydrogens is 357 g/mol. The number of rotatable bonds is 6. The summed E-state index contributed by atoms with van der Waals surface area (Å²) in [4.78, 5) is 29.2. The van der Waals surface area contributed by atoms with Crippen LogP contribution in [0.25, 0.3) is 0 Å². The fourth-order valence-electron chi connectivity index (χ4n) is 4.25. The molecule has 0 spiro atoms. The van der Waals surface area contributed by atoms with Gasteiger partial charge in [-0.15, -0.1) is 0 Å². The molecule has 154 valence electrons. The zero-order valence-electron chi connectivity index (χ0n) is 16.8. The van der Waals surface area contributed by atoms with Crippen LogP contribution >= 0.6 is 0 Å². The summed E-state index contributed by atoms with van der Waals surface area (Å²) in [6.07, 6.45) is 6.24. The molecule has 1 aromatic carbocycles. The molecule has 1 atom stereocenters. The lowest BCUT2D eigenvalue weighted by atomic mass is 9.95. The second kappa shape index (κ2) is 10.0. The molecule has 0 aliphatic carbocycles. The highest BCUT2D eigenvalue weighted by Crippen LogP contribution is 2.20. The monoisotopic (exact) mass is 389 g/mol. The van der Waals surface area contributed by atoms with Gasteiger partial charge < -0.3 is 15.1 Å². The van der Waals surface area contributed by atoms with E-state index in [1.54, 1.807) is 4.90 Å². The van der Waals surface area contributed by atoms with Crippen molar-refractivity contribution in [3.8, 4) is 0 Å². The van der Waals surface area contributed by atoms with Gasteiger partial charge in [0.25, 0.3) is 5.91 Å². The van der Waals surface area contributed by atoms with Crippen LogP contribution in [0.15, 0.2) is 24.3 Å². The van der Waals surface area contributed by atoms with E-state index in [2.05, 4.69) is 17.1 Å². The topological polar surface area (TPSA) is 52.7 Å². The van der Waals surface area contributed by atoms with E-state index in [9.17, 15) is 14.0 Å². The Labute approximate surface area is 167 Å². The zero-order chi connectivity index (χ0) is 19.9. The maximum absolute atomic E-state index is 13.0. The van der Waals surface area contributed by atoms with Crippen molar-refractivity contribution in [2.45, 2.75) is 51.5 Å². The lowest BCUT2D eigenvalue weighted by Crippen LogP contribution is -2.43. The van der Waals surface area contributed by atoms with Gasteiger partial charge in [-0.2, -0.15) is 0 Å². The first-order valence-corrected chi connectivity index (χ1v) is 10.6. The highest BCUT2D eigenvalue weighted by atomic mass is 19.1. The molecule has 0 radical (unpaired) electrons. The van der Waals surface area contributed by atoms with Crippen molar-refractivity contribution in [3.63, 3.8) is 0 Å². The molecule has 1 aromatic rings. The molecule has 2 aliphatic rings. The van der Waals surface area contributed by atoms with E-state index in [-0.39, 0.29) is 23.5 Å². The van der Waals surface area contributed by atoms with Crippen LogP contribution in [0.3, 0.4) is 0 Å². The van der Waals surface area contributed by atoms with Gasteiger partial charge in [-0.05, 0) is 69.8 Å². The first kappa shape index (κ1) is 20.8. The lowest BCUT2D eigenvalue weighted by Gasteiger charge is -2.33. The first-order valence-electron chi connectivity index (χ1n) is 10.6. The van der Waals surface area contributed by atoms with Gasteiger partial charge in [-0.25, -0.2) is 4.39 Å². The third kappa shape index (κ3) is 5.53. The van der Waals surface area contributed by atoms with Crippen molar-refractivity contribution in [2.24, 2.45) is 5.92 Å². The van der Waals surface area contributed by atoms with Crippen LogP contribution in [-0.2, 0) is 4.79 Å². The molecule has 2 fully saturated rings.